The highest BCUT2D eigenvalue weighted by Crippen LogP contribution is 2.24. The quantitative estimate of drug-likeness (QED) is 0.734. The van der Waals surface area contributed by atoms with E-state index in [2.05, 4.69) is 59.5 Å². The van der Waals surface area contributed by atoms with Crippen molar-refractivity contribution in [3.63, 3.8) is 0 Å². The number of hydrogen-bond donors (Lipinski definition) is 0. The maximum absolute atomic E-state index is 3.07. The van der Waals surface area contributed by atoms with Crippen molar-refractivity contribution in [3.05, 3.63) is 72.3 Å². The maximum atomic E-state index is 3.07. The van der Waals surface area contributed by atoms with Gasteiger partial charge < -0.3 is 0 Å². The monoisotopic (exact) mass is 234 g/mol. The van der Waals surface area contributed by atoms with Crippen LogP contribution in [0.1, 0.15) is 5.56 Å². The van der Waals surface area contributed by atoms with E-state index in [4.69, 9.17) is 0 Å². The predicted octanol–water partition coefficient (Wildman–Crippen LogP) is 3.53. The summed E-state index contributed by atoms with van der Waals surface area (Å²) < 4.78 is 0. The fraction of sp³-hybridized carbons (Fsp3) is 0.176. The zero-order valence-corrected chi connectivity index (χ0v) is 10.3. The van der Waals surface area contributed by atoms with E-state index >= 15 is 0 Å². The van der Waals surface area contributed by atoms with Crippen LogP contribution in [0.5, 0.6) is 0 Å². The fourth-order valence-electron chi connectivity index (χ4n) is 2.40. The lowest BCUT2D eigenvalue weighted by molar-refractivity contribution is 0.346. The molecule has 1 aliphatic heterocycles. The molecule has 89 valence electrons. The van der Waals surface area contributed by atoms with E-state index in [-0.39, 0.29) is 0 Å². The second kappa shape index (κ2) is 5.19. The molecule has 0 saturated heterocycles. The van der Waals surface area contributed by atoms with Gasteiger partial charge in [0.25, 0.3) is 0 Å². The van der Waals surface area contributed by atoms with Crippen LogP contribution in [0.4, 0.5) is 0 Å². The Balaban J connectivity index is 1.90. The lowest BCUT2D eigenvalue weighted by Gasteiger charge is -2.17. The minimum Gasteiger partial charge on any atom is -0.292 e. The van der Waals surface area contributed by atoms with Crippen LogP contribution in [0.2, 0.25) is 0 Å². The first kappa shape index (κ1) is 11.2. The molecule has 1 radical (unpaired) electrons. The van der Waals surface area contributed by atoms with E-state index in [0.717, 1.165) is 19.6 Å². The van der Waals surface area contributed by atoms with Gasteiger partial charge in [-0.15, -0.1) is 0 Å². The number of benzene rings is 2. The Labute approximate surface area is 108 Å². The Hall–Kier alpha value is -1.86. The highest BCUT2D eigenvalue weighted by Gasteiger charge is 2.10. The van der Waals surface area contributed by atoms with Gasteiger partial charge in [-0.05, 0) is 22.8 Å². The van der Waals surface area contributed by atoms with Crippen molar-refractivity contribution in [2.45, 2.75) is 6.54 Å². The third-order valence-electron chi connectivity index (χ3n) is 3.33. The summed E-state index contributed by atoms with van der Waals surface area (Å²) in [5.41, 5.74) is 4.00. The van der Waals surface area contributed by atoms with E-state index in [1.54, 1.807) is 0 Å². The molecule has 2 aromatic carbocycles. The molecule has 0 N–H and O–H groups in total. The first-order valence-corrected chi connectivity index (χ1v) is 6.35. The van der Waals surface area contributed by atoms with Crippen LogP contribution in [0.25, 0.3) is 11.1 Å². The first-order chi connectivity index (χ1) is 8.93. The minimum absolute atomic E-state index is 1.02. The summed E-state index contributed by atoms with van der Waals surface area (Å²) in [6.45, 7) is 3.15. The molecule has 0 unspecified atom stereocenters. The Morgan fingerprint density at radius 3 is 2.44 bits per heavy atom. The Kier molecular flexibility index (Phi) is 3.24. The molecule has 1 heteroatoms. The summed E-state index contributed by atoms with van der Waals surface area (Å²) >= 11 is 0. The second-order valence-corrected chi connectivity index (χ2v) is 4.61. The van der Waals surface area contributed by atoms with Crippen molar-refractivity contribution in [2.24, 2.45) is 0 Å². The van der Waals surface area contributed by atoms with Gasteiger partial charge in [-0.2, -0.15) is 0 Å². The molecule has 0 atom stereocenters. The van der Waals surface area contributed by atoms with Gasteiger partial charge in [0.15, 0.2) is 0 Å². The molecule has 1 nitrogen and oxygen atoms in total. The highest BCUT2D eigenvalue weighted by atomic mass is 15.1. The average Bonchev–Trinajstić information content (AvgIpc) is 2.93. The molecule has 0 fully saturated rings. The molecular weight excluding hydrogens is 218 g/mol. The molecule has 0 spiro atoms. The van der Waals surface area contributed by atoms with Gasteiger partial charge in [0.1, 0.15) is 0 Å². The molecule has 1 aliphatic rings. The van der Waals surface area contributed by atoms with Crippen LogP contribution >= 0.6 is 0 Å². The fourth-order valence-corrected chi connectivity index (χ4v) is 2.40. The maximum Gasteiger partial charge on any atom is 0.0246 e. The summed E-state index contributed by atoms with van der Waals surface area (Å²) in [7, 11) is 0. The van der Waals surface area contributed by atoms with E-state index in [1.807, 2.05) is 12.1 Å². The normalized spacial score (nSPS) is 15.1. The zero-order chi connectivity index (χ0) is 12.2. The molecule has 0 saturated carbocycles. The van der Waals surface area contributed by atoms with Crippen molar-refractivity contribution in [3.8, 4) is 11.1 Å². The summed E-state index contributed by atoms with van der Waals surface area (Å²) in [6.07, 6.45) is 4.47. The van der Waals surface area contributed by atoms with Crippen LogP contribution in [0, 0.1) is 6.07 Å². The van der Waals surface area contributed by atoms with Crippen molar-refractivity contribution in [1.82, 2.24) is 4.90 Å². The van der Waals surface area contributed by atoms with Gasteiger partial charge in [-0.25, -0.2) is 0 Å². The van der Waals surface area contributed by atoms with Crippen molar-refractivity contribution in [1.29, 1.82) is 0 Å². The zero-order valence-electron chi connectivity index (χ0n) is 10.3. The van der Waals surface area contributed by atoms with Crippen LogP contribution in [-0.2, 0) is 6.54 Å². The molecule has 0 aromatic heterocycles. The van der Waals surface area contributed by atoms with Gasteiger partial charge in [0.2, 0.25) is 0 Å². The van der Waals surface area contributed by atoms with Crippen molar-refractivity contribution < 1.29 is 0 Å². The molecule has 0 amide bonds. The summed E-state index contributed by atoms with van der Waals surface area (Å²) in [6, 6.07) is 19.9. The Morgan fingerprint density at radius 2 is 1.67 bits per heavy atom. The van der Waals surface area contributed by atoms with Crippen LogP contribution in [0.3, 0.4) is 0 Å². The van der Waals surface area contributed by atoms with E-state index in [1.165, 1.54) is 16.7 Å². The van der Waals surface area contributed by atoms with Gasteiger partial charge in [0, 0.05) is 19.6 Å². The van der Waals surface area contributed by atoms with Gasteiger partial charge in [0.05, 0.1) is 0 Å². The Bertz CT molecular complexity index is 535. The highest BCUT2D eigenvalue weighted by molar-refractivity contribution is 5.67. The van der Waals surface area contributed by atoms with Gasteiger partial charge >= 0.3 is 0 Å². The Morgan fingerprint density at radius 1 is 0.944 bits per heavy atom. The van der Waals surface area contributed by atoms with Crippen LogP contribution in [0.15, 0.2) is 60.7 Å². The number of hydrogen-bond acceptors (Lipinski definition) is 1. The minimum atomic E-state index is 1.02. The van der Waals surface area contributed by atoms with Gasteiger partial charge in [-0.1, -0.05) is 60.7 Å². The molecule has 1 heterocycles. The van der Waals surface area contributed by atoms with Crippen molar-refractivity contribution >= 4 is 0 Å². The van der Waals surface area contributed by atoms with E-state index < -0.39 is 0 Å². The summed E-state index contributed by atoms with van der Waals surface area (Å²) in [5, 5.41) is 0. The molecular formula is C17H16N. The molecule has 18 heavy (non-hydrogen) atoms. The van der Waals surface area contributed by atoms with E-state index in [9.17, 15) is 0 Å². The molecule has 2 aromatic rings. The average molecular weight is 234 g/mol. The van der Waals surface area contributed by atoms with E-state index in [0.29, 0.717) is 0 Å². The third kappa shape index (κ3) is 2.36. The van der Waals surface area contributed by atoms with Gasteiger partial charge in [-0.3, -0.25) is 4.90 Å². The third-order valence-corrected chi connectivity index (χ3v) is 3.33. The standard InChI is InChI=1S/C17H16N/c1-2-8-15(9-3-1)17-11-5-4-10-16(17)14-18-12-6-7-13-18/h2-11H,12-14H2. The van der Waals surface area contributed by atoms with Crippen LogP contribution < -0.4 is 0 Å². The second-order valence-electron chi connectivity index (χ2n) is 4.61. The first-order valence-electron chi connectivity index (χ1n) is 6.35. The largest absolute Gasteiger partial charge is 0.292 e. The lowest BCUT2D eigenvalue weighted by atomic mass is 9.99. The summed E-state index contributed by atoms with van der Waals surface area (Å²) in [4.78, 5) is 2.44. The number of rotatable bonds is 3. The topological polar surface area (TPSA) is 3.24 Å². The van der Waals surface area contributed by atoms with Crippen LogP contribution in [-0.4, -0.2) is 18.0 Å². The smallest absolute Gasteiger partial charge is 0.0246 e. The van der Waals surface area contributed by atoms with Crippen molar-refractivity contribution in [2.75, 3.05) is 13.1 Å². The lowest BCUT2D eigenvalue weighted by Crippen LogP contribution is -2.19. The summed E-state index contributed by atoms with van der Waals surface area (Å²) in [5.74, 6) is 0. The predicted molar refractivity (Wildman–Crippen MR) is 75.1 cm³/mol. The SMILES string of the molecule is [c]1ccc(-c2ccccc2CN2CC=CC2)cc1. The number of nitrogens with zero attached hydrogens (tertiary/aromatic N) is 1. The molecule has 0 aliphatic carbocycles. The molecule has 0 bridgehead atoms. The molecule has 3 rings (SSSR count).